The maximum atomic E-state index is 11.8. The summed E-state index contributed by atoms with van der Waals surface area (Å²) in [7, 11) is 0. The smallest absolute Gasteiger partial charge is 0.255 e. The molecule has 15 heavy (non-hydrogen) atoms. The first-order chi connectivity index (χ1) is 7.02. The predicted molar refractivity (Wildman–Crippen MR) is 60.3 cm³/mol. The zero-order chi connectivity index (χ0) is 11.5. The van der Waals surface area contributed by atoms with Crippen molar-refractivity contribution < 1.29 is 9.21 Å². The van der Waals surface area contributed by atoms with E-state index >= 15 is 0 Å². The van der Waals surface area contributed by atoms with Gasteiger partial charge in [-0.15, -0.1) is 11.6 Å². The molecule has 0 spiro atoms. The molecule has 1 unspecified atom stereocenters. The van der Waals surface area contributed by atoms with Gasteiger partial charge in [-0.2, -0.15) is 0 Å². The Morgan fingerprint density at radius 1 is 1.67 bits per heavy atom. The molecule has 1 aromatic rings. The van der Waals surface area contributed by atoms with Crippen LogP contribution in [0.25, 0.3) is 0 Å². The minimum Gasteiger partial charge on any atom is -0.469 e. The molecule has 0 radical (unpaired) electrons. The van der Waals surface area contributed by atoms with Crippen LogP contribution in [-0.4, -0.2) is 17.3 Å². The van der Waals surface area contributed by atoms with Crippen LogP contribution in [0, 0.1) is 6.92 Å². The van der Waals surface area contributed by atoms with Crippen molar-refractivity contribution in [1.29, 1.82) is 0 Å². The third-order valence-corrected chi connectivity index (χ3v) is 3.18. The molecule has 0 bridgehead atoms. The Kier molecular flexibility index (Phi) is 3.80. The Morgan fingerprint density at radius 3 is 2.73 bits per heavy atom. The molecule has 0 aliphatic heterocycles. The second-order valence-corrected chi connectivity index (χ2v) is 4.16. The molecule has 1 N–H and O–H groups in total. The van der Waals surface area contributed by atoms with Crippen molar-refractivity contribution in [2.24, 2.45) is 0 Å². The first-order valence-corrected chi connectivity index (χ1v) is 5.48. The van der Waals surface area contributed by atoms with Crippen molar-refractivity contribution in [2.45, 2.75) is 32.7 Å². The Morgan fingerprint density at radius 2 is 2.33 bits per heavy atom. The number of aryl methyl sites for hydroxylation is 1. The van der Waals surface area contributed by atoms with E-state index < -0.39 is 0 Å². The second kappa shape index (κ2) is 4.71. The maximum absolute atomic E-state index is 11.8. The van der Waals surface area contributed by atoms with Gasteiger partial charge in [0.2, 0.25) is 0 Å². The zero-order valence-corrected chi connectivity index (χ0v) is 10.0. The fourth-order valence-corrected chi connectivity index (χ4v) is 1.43. The van der Waals surface area contributed by atoms with E-state index in [0.29, 0.717) is 17.2 Å². The van der Waals surface area contributed by atoms with Gasteiger partial charge in [-0.25, -0.2) is 0 Å². The average molecular weight is 230 g/mol. The van der Waals surface area contributed by atoms with E-state index in [-0.39, 0.29) is 11.4 Å². The van der Waals surface area contributed by atoms with Crippen LogP contribution in [-0.2, 0) is 0 Å². The number of halogens is 1. The van der Waals surface area contributed by atoms with Crippen LogP contribution in [0.5, 0.6) is 0 Å². The topological polar surface area (TPSA) is 42.2 Å². The number of carbonyl (C=O) groups is 1. The summed E-state index contributed by atoms with van der Waals surface area (Å²) in [6, 6.07) is 1.66. The highest BCUT2D eigenvalue weighted by molar-refractivity contribution is 6.18. The van der Waals surface area contributed by atoms with Gasteiger partial charge in [-0.1, -0.05) is 6.92 Å². The lowest BCUT2D eigenvalue weighted by Crippen LogP contribution is -2.47. The van der Waals surface area contributed by atoms with Gasteiger partial charge in [-0.05, 0) is 26.3 Å². The van der Waals surface area contributed by atoms with Crippen LogP contribution in [0.2, 0.25) is 0 Å². The lowest BCUT2D eigenvalue weighted by atomic mass is 10.0. The van der Waals surface area contributed by atoms with E-state index in [0.717, 1.165) is 6.42 Å². The van der Waals surface area contributed by atoms with E-state index in [9.17, 15) is 4.79 Å². The predicted octanol–water partition coefficient (Wildman–Crippen LogP) is 2.73. The Balaban J connectivity index is 2.76. The van der Waals surface area contributed by atoms with Crippen molar-refractivity contribution in [2.75, 3.05) is 5.88 Å². The Labute approximate surface area is 94.8 Å². The van der Waals surface area contributed by atoms with E-state index in [1.807, 2.05) is 13.8 Å². The molecule has 0 saturated carbocycles. The van der Waals surface area contributed by atoms with Crippen LogP contribution < -0.4 is 5.32 Å². The number of amides is 1. The molecule has 4 heteroatoms. The van der Waals surface area contributed by atoms with Gasteiger partial charge in [0.1, 0.15) is 5.76 Å². The van der Waals surface area contributed by atoms with Crippen LogP contribution in [0.1, 0.15) is 36.4 Å². The molecular formula is C11H16ClNO2. The number of alkyl halides is 1. The molecule has 0 aliphatic carbocycles. The summed E-state index contributed by atoms with van der Waals surface area (Å²) in [4.78, 5) is 11.8. The number of carbonyl (C=O) groups excluding carboxylic acids is 1. The van der Waals surface area contributed by atoms with Crippen LogP contribution in [0.15, 0.2) is 16.7 Å². The molecular weight excluding hydrogens is 214 g/mol. The molecule has 0 aliphatic rings. The largest absolute Gasteiger partial charge is 0.469 e. The molecule has 1 amide bonds. The van der Waals surface area contributed by atoms with Crippen LogP contribution in [0.4, 0.5) is 0 Å². The van der Waals surface area contributed by atoms with Gasteiger partial charge in [0.25, 0.3) is 5.91 Å². The van der Waals surface area contributed by atoms with E-state index in [2.05, 4.69) is 5.32 Å². The molecule has 1 rings (SSSR count). The summed E-state index contributed by atoms with van der Waals surface area (Å²) in [5, 5.41) is 2.91. The van der Waals surface area contributed by atoms with Gasteiger partial charge in [0, 0.05) is 5.88 Å². The van der Waals surface area contributed by atoms with Crippen molar-refractivity contribution in [3.63, 3.8) is 0 Å². The summed E-state index contributed by atoms with van der Waals surface area (Å²) >= 11 is 5.82. The fraction of sp³-hybridized carbons (Fsp3) is 0.545. The maximum Gasteiger partial charge on any atom is 0.255 e. The highest BCUT2D eigenvalue weighted by Crippen LogP contribution is 2.14. The van der Waals surface area contributed by atoms with Crippen molar-refractivity contribution >= 4 is 17.5 Å². The standard InChI is InChI=1S/C11H16ClNO2/c1-4-11(3,7-12)13-10(14)9-5-6-15-8(9)2/h5-6H,4,7H2,1-3H3,(H,13,14). The number of furan rings is 1. The minimum atomic E-state index is -0.359. The first kappa shape index (κ1) is 12.1. The van der Waals surface area contributed by atoms with Crippen LogP contribution in [0.3, 0.4) is 0 Å². The molecule has 0 saturated heterocycles. The van der Waals surface area contributed by atoms with E-state index in [1.54, 1.807) is 13.0 Å². The number of hydrogen-bond acceptors (Lipinski definition) is 2. The highest BCUT2D eigenvalue weighted by Gasteiger charge is 2.24. The molecule has 1 heterocycles. The summed E-state index contributed by atoms with van der Waals surface area (Å²) in [5.41, 5.74) is 0.210. The number of rotatable bonds is 4. The van der Waals surface area contributed by atoms with E-state index in [1.165, 1.54) is 6.26 Å². The Bertz CT molecular complexity index is 342. The average Bonchev–Trinajstić information content (AvgIpc) is 2.64. The fourth-order valence-electron chi connectivity index (χ4n) is 1.18. The third-order valence-electron chi connectivity index (χ3n) is 2.59. The Hall–Kier alpha value is -0.960. The molecule has 84 valence electrons. The van der Waals surface area contributed by atoms with Gasteiger partial charge < -0.3 is 9.73 Å². The normalized spacial score (nSPS) is 14.7. The van der Waals surface area contributed by atoms with Gasteiger partial charge in [0.05, 0.1) is 17.4 Å². The molecule has 0 aromatic carbocycles. The monoisotopic (exact) mass is 229 g/mol. The second-order valence-electron chi connectivity index (χ2n) is 3.89. The quantitative estimate of drug-likeness (QED) is 0.807. The van der Waals surface area contributed by atoms with Crippen molar-refractivity contribution in [1.82, 2.24) is 5.32 Å². The minimum absolute atomic E-state index is 0.133. The summed E-state index contributed by atoms with van der Waals surface area (Å²) in [5.74, 6) is 0.887. The number of nitrogens with one attached hydrogen (secondary N) is 1. The van der Waals surface area contributed by atoms with Crippen molar-refractivity contribution in [3.05, 3.63) is 23.7 Å². The van der Waals surface area contributed by atoms with Crippen molar-refractivity contribution in [3.8, 4) is 0 Å². The number of hydrogen-bond donors (Lipinski definition) is 1. The molecule has 0 fully saturated rings. The molecule has 1 aromatic heterocycles. The molecule has 1 atom stereocenters. The van der Waals surface area contributed by atoms with Crippen LogP contribution >= 0.6 is 11.6 Å². The third kappa shape index (κ3) is 2.75. The lowest BCUT2D eigenvalue weighted by Gasteiger charge is -2.26. The molecule has 3 nitrogen and oxygen atoms in total. The van der Waals surface area contributed by atoms with Gasteiger partial charge >= 0.3 is 0 Å². The van der Waals surface area contributed by atoms with E-state index in [4.69, 9.17) is 16.0 Å². The van der Waals surface area contributed by atoms with Gasteiger partial charge in [-0.3, -0.25) is 4.79 Å². The highest BCUT2D eigenvalue weighted by atomic mass is 35.5. The first-order valence-electron chi connectivity index (χ1n) is 4.95. The lowest BCUT2D eigenvalue weighted by molar-refractivity contribution is 0.0911. The SMILES string of the molecule is CCC(C)(CCl)NC(=O)c1ccoc1C. The summed E-state index contributed by atoms with van der Waals surface area (Å²) in [6.45, 7) is 5.68. The van der Waals surface area contributed by atoms with Gasteiger partial charge in [0.15, 0.2) is 0 Å². The summed E-state index contributed by atoms with van der Waals surface area (Å²) < 4.78 is 5.07. The summed E-state index contributed by atoms with van der Waals surface area (Å²) in [6.07, 6.45) is 2.30. The zero-order valence-electron chi connectivity index (χ0n) is 9.26.